The summed E-state index contributed by atoms with van der Waals surface area (Å²) < 4.78 is 6.60. The number of ether oxygens (including phenoxy) is 1. The zero-order valence-corrected chi connectivity index (χ0v) is 20.3. The fraction of sp³-hybridized carbons (Fsp3) is 0.167. The summed E-state index contributed by atoms with van der Waals surface area (Å²) in [4.78, 5) is 30.5. The summed E-state index contributed by atoms with van der Waals surface area (Å²) in [5, 5.41) is 8.06. The molecule has 1 fully saturated rings. The zero-order valence-electron chi connectivity index (χ0n) is 20.3. The molecule has 1 saturated carbocycles. The summed E-state index contributed by atoms with van der Waals surface area (Å²) in [6.07, 6.45) is 6.66. The highest BCUT2D eigenvalue weighted by atomic mass is 16.5. The highest BCUT2D eigenvalue weighted by molar-refractivity contribution is 6.31. The molecule has 178 valence electrons. The standard InChI is InChI=1S/C30H26N3O3/c1-5-22-23(18(2)31)7-6-8-24(22)27(34)26-17-33(3)28-25(26)15-20(16-32-28)19-9-11-21(12-10-19)30(13-14-30)29(35)36-4/h5-12,15-17,31H,1,3,13-14H2,2,4H3/q+1. The number of carbonyl (C=O) groups excluding carboxylic acids is 2. The summed E-state index contributed by atoms with van der Waals surface area (Å²) in [6, 6.07) is 15.2. The van der Waals surface area contributed by atoms with E-state index in [9.17, 15) is 9.59 Å². The van der Waals surface area contributed by atoms with Gasteiger partial charge in [-0.25, -0.2) is 4.58 Å². The summed E-state index contributed by atoms with van der Waals surface area (Å²) in [5.74, 6) is 0.226. The smallest absolute Gasteiger partial charge is 0.335 e. The first-order valence-corrected chi connectivity index (χ1v) is 11.7. The molecular weight excluding hydrogens is 450 g/mol. The van der Waals surface area contributed by atoms with E-state index in [-0.39, 0.29) is 11.8 Å². The first-order chi connectivity index (χ1) is 17.3. The van der Waals surface area contributed by atoms with E-state index in [4.69, 9.17) is 10.1 Å². The average Bonchev–Trinajstić information content (AvgIpc) is 3.65. The molecule has 1 aliphatic carbocycles. The molecule has 6 nitrogen and oxygen atoms in total. The van der Waals surface area contributed by atoms with Crippen LogP contribution in [-0.4, -0.2) is 40.9 Å². The molecule has 0 spiro atoms. The Morgan fingerprint density at radius 1 is 1.11 bits per heavy atom. The van der Waals surface area contributed by atoms with Crippen molar-refractivity contribution in [2.24, 2.45) is 0 Å². The highest BCUT2D eigenvalue weighted by Crippen LogP contribution is 2.49. The first-order valence-electron chi connectivity index (χ1n) is 11.7. The third-order valence-corrected chi connectivity index (χ3v) is 7.01. The quantitative estimate of drug-likeness (QED) is 0.209. The molecule has 3 aromatic rings. The van der Waals surface area contributed by atoms with Crippen molar-refractivity contribution in [1.82, 2.24) is 4.98 Å². The molecular formula is C30H26N3O3+. The van der Waals surface area contributed by atoms with Gasteiger partial charge in [-0.3, -0.25) is 9.59 Å². The van der Waals surface area contributed by atoms with Gasteiger partial charge in [0.2, 0.25) is 0 Å². The second kappa shape index (κ2) is 8.64. The lowest BCUT2D eigenvalue weighted by Crippen LogP contribution is -2.21. The van der Waals surface area contributed by atoms with Crippen LogP contribution in [-0.2, 0) is 14.9 Å². The van der Waals surface area contributed by atoms with E-state index in [0.29, 0.717) is 39.4 Å². The molecule has 0 saturated heterocycles. The van der Waals surface area contributed by atoms with Gasteiger partial charge in [0.25, 0.3) is 0 Å². The van der Waals surface area contributed by atoms with Crippen LogP contribution in [0.25, 0.3) is 22.8 Å². The lowest BCUT2D eigenvalue weighted by molar-refractivity contribution is -0.349. The van der Waals surface area contributed by atoms with Gasteiger partial charge in [0.15, 0.2) is 5.78 Å². The van der Waals surface area contributed by atoms with Crippen molar-refractivity contribution in [2.45, 2.75) is 25.2 Å². The van der Waals surface area contributed by atoms with Gasteiger partial charge in [-0.2, -0.15) is 0 Å². The Bertz CT molecular complexity index is 1510. The molecule has 0 bridgehead atoms. The van der Waals surface area contributed by atoms with Crippen LogP contribution < -0.4 is 0 Å². The Hall–Kier alpha value is -4.45. The van der Waals surface area contributed by atoms with Gasteiger partial charge in [0, 0.05) is 22.4 Å². The van der Waals surface area contributed by atoms with E-state index in [2.05, 4.69) is 18.3 Å². The number of fused-ring (bicyclic) bond motifs is 1. The van der Waals surface area contributed by atoms with E-state index < -0.39 is 5.41 Å². The topological polar surface area (TPSA) is 83.1 Å². The van der Waals surface area contributed by atoms with Gasteiger partial charge in [-0.1, -0.05) is 55.1 Å². The van der Waals surface area contributed by atoms with Crippen LogP contribution >= 0.6 is 0 Å². The molecule has 2 aromatic carbocycles. The van der Waals surface area contributed by atoms with E-state index in [1.807, 2.05) is 36.4 Å². The Morgan fingerprint density at radius 3 is 2.42 bits per heavy atom. The average molecular weight is 477 g/mol. The summed E-state index contributed by atoms with van der Waals surface area (Å²) in [7, 11) is 1.42. The SMILES string of the molecule is C=Cc1c(C(C)=N)cccc1C(=O)C1=C[N+](=C)c2ncc(-c3ccc(C4(C(=O)OC)CC4)cc3)cc21. The van der Waals surface area contributed by atoms with E-state index in [1.165, 1.54) is 7.11 Å². The number of carbonyl (C=O) groups is 2. The monoisotopic (exact) mass is 476 g/mol. The minimum Gasteiger partial charge on any atom is -0.468 e. The van der Waals surface area contributed by atoms with E-state index in [1.54, 1.807) is 42.1 Å². The number of methoxy groups -OCH3 is 1. The van der Waals surface area contributed by atoms with Crippen LogP contribution in [0.15, 0.2) is 67.5 Å². The van der Waals surface area contributed by atoms with Gasteiger partial charge in [-0.05, 0) is 47.5 Å². The van der Waals surface area contributed by atoms with E-state index in [0.717, 1.165) is 29.5 Å². The largest absolute Gasteiger partial charge is 0.468 e. The van der Waals surface area contributed by atoms with Crippen LogP contribution in [0.5, 0.6) is 0 Å². The molecule has 1 aliphatic heterocycles. The fourth-order valence-electron chi connectivity index (χ4n) is 4.88. The van der Waals surface area contributed by atoms with E-state index >= 15 is 0 Å². The van der Waals surface area contributed by atoms with Crippen molar-refractivity contribution in [3.8, 4) is 11.1 Å². The molecule has 0 unspecified atom stereocenters. The van der Waals surface area contributed by atoms with Crippen molar-refractivity contribution in [2.75, 3.05) is 7.11 Å². The second-order valence-electron chi connectivity index (χ2n) is 9.18. The van der Waals surface area contributed by atoms with Crippen LogP contribution in [0.3, 0.4) is 0 Å². The lowest BCUT2D eigenvalue weighted by Gasteiger charge is -2.13. The molecule has 1 aromatic heterocycles. The van der Waals surface area contributed by atoms with Gasteiger partial charge in [0.1, 0.15) is 12.4 Å². The molecule has 2 heterocycles. The maximum Gasteiger partial charge on any atom is 0.335 e. The van der Waals surface area contributed by atoms with Gasteiger partial charge in [-0.15, -0.1) is 0 Å². The molecule has 0 amide bonds. The number of nitrogens with zero attached hydrogens (tertiary/aromatic N) is 2. The molecule has 0 radical (unpaired) electrons. The maximum absolute atomic E-state index is 13.7. The predicted molar refractivity (Wildman–Crippen MR) is 141 cm³/mol. The number of rotatable bonds is 7. The molecule has 5 rings (SSSR count). The normalized spacial score (nSPS) is 15.1. The van der Waals surface area contributed by atoms with Crippen LogP contribution in [0.4, 0.5) is 5.82 Å². The molecule has 36 heavy (non-hydrogen) atoms. The molecule has 2 aliphatic rings. The Kier molecular flexibility index (Phi) is 5.59. The summed E-state index contributed by atoms with van der Waals surface area (Å²) in [5.41, 5.74) is 5.54. The minimum absolute atomic E-state index is 0.177. The summed E-state index contributed by atoms with van der Waals surface area (Å²) in [6.45, 7) is 9.57. The third kappa shape index (κ3) is 3.62. The maximum atomic E-state index is 13.7. The van der Waals surface area contributed by atoms with Crippen molar-refractivity contribution in [3.63, 3.8) is 0 Å². The third-order valence-electron chi connectivity index (χ3n) is 7.01. The van der Waals surface area contributed by atoms with Crippen LogP contribution in [0.2, 0.25) is 0 Å². The summed E-state index contributed by atoms with van der Waals surface area (Å²) >= 11 is 0. The number of ketones is 1. The number of Topliss-reactive ketones (excluding diaryl/α,β-unsaturated/α-hetero) is 1. The molecule has 1 N–H and O–H groups in total. The van der Waals surface area contributed by atoms with Crippen LogP contribution in [0.1, 0.15) is 52.4 Å². The Balaban J connectivity index is 1.51. The number of nitrogens with one attached hydrogen (secondary N) is 1. The van der Waals surface area contributed by atoms with Gasteiger partial charge >= 0.3 is 11.8 Å². The van der Waals surface area contributed by atoms with Crippen molar-refractivity contribution < 1.29 is 18.9 Å². The fourth-order valence-corrected chi connectivity index (χ4v) is 4.88. The number of esters is 1. The number of benzene rings is 2. The zero-order chi connectivity index (χ0) is 25.6. The highest BCUT2D eigenvalue weighted by Gasteiger charge is 2.52. The minimum atomic E-state index is -0.521. The number of hydrogen-bond acceptors (Lipinski definition) is 5. The first kappa shape index (κ1) is 23.3. The van der Waals surface area contributed by atoms with Crippen molar-refractivity contribution in [1.29, 1.82) is 5.41 Å². The number of pyridine rings is 1. The van der Waals surface area contributed by atoms with Crippen LogP contribution in [0, 0.1) is 5.41 Å². The van der Waals surface area contributed by atoms with Gasteiger partial charge < -0.3 is 10.1 Å². The second-order valence-corrected chi connectivity index (χ2v) is 9.18. The van der Waals surface area contributed by atoms with Crippen molar-refractivity contribution >= 4 is 41.6 Å². The number of hydrogen-bond donors (Lipinski definition) is 1. The van der Waals surface area contributed by atoms with Gasteiger partial charge in [0.05, 0.1) is 30.4 Å². The predicted octanol–water partition coefficient (Wildman–Crippen LogP) is 5.57. The number of aromatic nitrogens is 1. The number of allylic oxidation sites excluding steroid dienone is 1. The lowest BCUT2D eigenvalue weighted by atomic mass is 9.90. The molecule has 6 heteroatoms. The molecule has 0 atom stereocenters. The Labute approximate surface area is 209 Å². The Morgan fingerprint density at radius 2 is 1.81 bits per heavy atom. The van der Waals surface area contributed by atoms with Crippen molar-refractivity contribution in [3.05, 3.63) is 95.3 Å².